The van der Waals surface area contributed by atoms with Crippen LogP contribution in [0.2, 0.25) is 5.02 Å². The number of nitrogens with zero attached hydrogens (tertiary/aromatic N) is 1. The minimum atomic E-state index is -0.308. The number of esters is 1. The Kier molecular flexibility index (Phi) is 5.39. The van der Waals surface area contributed by atoms with Crippen molar-refractivity contribution in [1.29, 1.82) is 0 Å². The van der Waals surface area contributed by atoms with Crippen LogP contribution in [0.3, 0.4) is 0 Å². The predicted molar refractivity (Wildman–Crippen MR) is 102 cm³/mol. The fourth-order valence-electron chi connectivity index (χ4n) is 3.10. The molecule has 0 fully saturated rings. The van der Waals surface area contributed by atoms with Crippen molar-refractivity contribution in [2.75, 3.05) is 19.7 Å². The van der Waals surface area contributed by atoms with Crippen molar-refractivity contribution in [2.45, 2.75) is 19.9 Å². The molecule has 0 radical (unpaired) electrons. The Bertz CT molecular complexity index is 809. The Balaban J connectivity index is 2.07. The second-order valence-corrected chi connectivity index (χ2v) is 7.19. The molecule has 0 N–H and O–H groups in total. The molecule has 0 saturated heterocycles. The zero-order valence-corrected chi connectivity index (χ0v) is 15.3. The lowest BCUT2D eigenvalue weighted by Crippen LogP contribution is -2.24. The van der Waals surface area contributed by atoms with E-state index in [0.717, 1.165) is 36.0 Å². The van der Waals surface area contributed by atoms with Crippen LogP contribution in [-0.4, -0.2) is 30.6 Å². The number of hydrogen-bond donors (Lipinski definition) is 0. The topological polar surface area (TPSA) is 29.5 Å². The maximum atomic E-state index is 11.7. The molecular weight excluding hydrogens is 342 g/mol. The fraction of sp³-hybridized carbons (Fsp3) is 0.316. The van der Waals surface area contributed by atoms with Gasteiger partial charge in [0.05, 0.1) is 6.61 Å². The van der Waals surface area contributed by atoms with Gasteiger partial charge in [-0.05, 0) is 42.7 Å². The third-order valence-electron chi connectivity index (χ3n) is 4.14. The summed E-state index contributed by atoms with van der Waals surface area (Å²) in [5.74, 6) is -0.308. The number of halogens is 1. The lowest BCUT2D eigenvalue weighted by atomic mass is 10.0. The summed E-state index contributed by atoms with van der Waals surface area (Å²) < 4.78 is 6.20. The van der Waals surface area contributed by atoms with Crippen molar-refractivity contribution in [3.63, 3.8) is 0 Å². The van der Waals surface area contributed by atoms with E-state index >= 15 is 0 Å². The van der Waals surface area contributed by atoms with Crippen LogP contribution in [0, 0.1) is 0 Å². The van der Waals surface area contributed by atoms with E-state index in [4.69, 9.17) is 16.3 Å². The zero-order chi connectivity index (χ0) is 17.1. The van der Waals surface area contributed by atoms with E-state index < -0.39 is 0 Å². The lowest BCUT2D eigenvalue weighted by molar-refractivity contribution is -0.137. The van der Waals surface area contributed by atoms with Crippen LogP contribution in [0.1, 0.15) is 22.9 Å². The molecule has 0 amide bonds. The molecule has 126 valence electrons. The first kappa shape index (κ1) is 17.2. The number of benzene rings is 1. The Hall–Kier alpha value is -1.62. The summed E-state index contributed by atoms with van der Waals surface area (Å²) in [5.41, 5.74) is 2.45. The molecule has 2 heterocycles. The van der Waals surface area contributed by atoms with Gasteiger partial charge in [0.2, 0.25) is 0 Å². The Morgan fingerprint density at radius 3 is 3.04 bits per heavy atom. The molecule has 3 rings (SSSR count). The number of rotatable bonds is 5. The smallest absolute Gasteiger partial charge is 0.330 e. The summed E-state index contributed by atoms with van der Waals surface area (Å²) in [5, 5.41) is 2.07. The summed E-state index contributed by atoms with van der Waals surface area (Å²) in [7, 11) is 0. The van der Waals surface area contributed by atoms with Crippen molar-refractivity contribution < 1.29 is 9.53 Å². The SMILES string of the molecule is C=CCN1CCc2c(Cl)ccc3sc(/C=C/C(=O)OCC)c(c23)C1. The minimum Gasteiger partial charge on any atom is -0.463 e. The lowest BCUT2D eigenvalue weighted by Gasteiger charge is -2.18. The van der Waals surface area contributed by atoms with Crippen molar-refractivity contribution in [3.05, 3.63) is 51.9 Å². The molecule has 0 atom stereocenters. The number of ether oxygens (including phenoxy) is 1. The van der Waals surface area contributed by atoms with E-state index in [1.165, 1.54) is 27.3 Å². The van der Waals surface area contributed by atoms with Gasteiger partial charge in [-0.1, -0.05) is 17.7 Å². The van der Waals surface area contributed by atoms with Gasteiger partial charge in [-0.2, -0.15) is 0 Å². The molecule has 1 aromatic heterocycles. The number of hydrogen-bond acceptors (Lipinski definition) is 4. The Morgan fingerprint density at radius 2 is 2.29 bits per heavy atom. The quantitative estimate of drug-likeness (QED) is 0.440. The third-order valence-corrected chi connectivity index (χ3v) is 5.66. The van der Waals surface area contributed by atoms with Crippen LogP contribution >= 0.6 is 22.9 Å². The van der Waals surface area contributed by atoms with Crippen LogP contribution in [0.4, 0.5) is 0 Å². The van der Waals surface area contributed by atoms with Crippen LogP contribution < -0.4 is 0 Å². The Labute approximate surface area is 151 Å². The van der Waals surface area contributed by atoms with Crippen LogP contribution in [-0.2, 0) is 22.5 Å². The summed E-state index contributed by atoms with van der Waals surface area (Å²) in [6.45, 7) is 8.66. The third kappa shape index (κ3) is 3.41. The standard InChI is InChI=1S/C19H20ClNO2S/c1-3-10-21-11-9-13-15(20)5-6-17-19(13)14(12-21)16(24-17)7-8-18(22)23-4-2/h3,5-8H,1,4,9-12H2,2H3/b8-7+. The van der Waals surface area contributed by atoms with Gasteiger partial charge in [0, 0.05) is 45.7 Å². The number of carbonyl (C=O) groups is 1. The predicted octanol–water partition coefficient (Wildman–Crippen LogP) is 4.68. The van der Waals surface area contributed by atoms with Crippen LogP contribution in [0.15, 0.2) is 30.9 Å². The highest BCUT2D eigenvalue weighted by Gasteiger charge is 2.22. The molecule has 0 spiro atoms. The molecule has 0 aliphatic carbocycles. The molecule has 24 heavy (non-hydrogen) atoms. The van der Waals surface area contributed by atoms with Gasteiger partial charge in [-0.3, -0.25) is 4.90 Å². The highest BCUT2D eigenvalue weighted by Crippen LogP contribution is 2.40. The average molecular weight is 362 g/mol. The highest BCUT2D eigenvalue weighted by molar-refractivity contribution is 7.20. The van der Waals surface area contributed by atoms with Gasteiger partial charge >= 0.3 is 5.97 Å². The summed E-state index contributed by atoms with van der Waals surface area (Å²) in [6, 6.07) is 4.04. The normalized spacial score (nSPS) is 14.9. The van der Waals surface area contributed by atoms with Crippen molar-refractivity contribution >= 4 is 45.1 Å². The van der Waals surface area contributed by atoms with E-state index in [2.05, 4.69) is 17.5 Å². The summed E-state index contributed by atoms with van der Waals surface area (Å²) >= 11 is 8.15. The molecule has 2 aromatic rings. The van der Waals surface area contributed by atoms with Crippen molar-refractivity contribution in [1.82, 2.24) is 4.90 Å². The van der Waals surface area contributed by atoms with E-state index in [0.29, 0.717) is 6.61 Å². The van der Waals surface area contributed by atoms with Crippen LogP contribution in [0.25, 0.3) is 16.2 Å². The van der Waals surface area contributed by atoms with Crippen molar-refractivity contribution in [2.24, 2.45) is 0 Å². The summed E-state index contributed by atoms with van der Waals surface area (Å²) in [6.07, 6.45) is 6.23. The van der Waals surface area contributed by atoms with Gasteiger partial charge in [0.15, 0.2) is 0 Å². The molecular formula is C19H20ClNO2S. The molecule has 0 unspecified atom stereocenters. The van der Waals surface area contributed by atoms with Gasteiger partial charge in [-0.15, -0.1) is 17.9 Å². The van der Waals surface area contributed by atoms with Gasteiger partial charge in [0.1, 0.15) is 0 Å². The molecule has 1 aliphatic rings. The van der Waals surface area contributed by atoms with E-state index in [9.17, 15) is 4.79 Å². The molecule has 5 heteroatoms. The molecule has 1 aliphatic heterocycles. The second kappa shape index (κ2) is 7.51. The van der Waals surface area contributed by atoms with Gasteiger partial charge in [0.25, 0.3) is 0 Å². The molecule has 0 saturated carbocycles. The van der Waals surface area contributed by atoms with E-state index in [1.54, 1.807) is 18.3 Å². The first-order chi connectivity index (χ1) is 11.6. The fourth-order valence-corrected chi connectivity index (χ4v) is 4.50. The molecule has 1 aromatic carbocycles. The first-order valence-electron chi connectivity index (χ1n) is 8.04. The average Bonchev–Trinajstić information content (AvgIpc) is 2.77. The monoisotopic (exact) mass is 361 g/mol. The number of carbonyl (C=O) groups excluding carboxylic acids is 1. The van der Waals surface area contributed by atoms with E-state index in [-0.39, 0.29) is 5.97 Å². The van der Waals surface area contributed by atoms with Crippen LogP contribution in [0.5, 0.6) is 0 Å². The van der Waals surface area contributed by atoms with Gasteiger partial charge in [-0.25, -0.2) is 4.79 Å². The largest absolute Gasteiger partial charge is 0.463 e. The highest BCUT2D eigenvalue weighted by atomic mass is 35.5. The second-order valence-electron chi connectivity index (χ2n) is 5.70. The maximum absolute atomic E-state index is 11.7. The van der Waals surface area contributed by atoms with Crippen molar-refractivity contribution in [3.8, 4) is 0 Å². The zero-order valence-electron chi connectivity index (χ0n) is 13.7. The summed E-state index contributed by atoms with van der Waals surface area (Å²) in [4.78, 5) is 15.1. The molecule has 3 nitrogen and oxygen atoms in total. The van der Waals surface area contributed by atoms with E-state index in [1.807, 2.05) is 18.2 Å². The van der Waals surface area contributed by atoms with Gasteiger partial charge < -0.3 is 4.74 Å². The Morgan fingerprint density at radius 1 is 1.46 bits per heavy atom. The molecule has 0 bridgehead atoms. The minimum absolute atomic E-state index is 0.308. The first-order valence-corrected chi connectivity index (χ1v) is 9.24. The number of thiophene rings is 1. The maximum Gasteiger partial charge on any atom is 0.330 e.